The van der Waals surface area contributed by atoms with Gasteiger partial charge in [-0.25, -0.2) is 9.97 Å². The highest BCUT2D eigenvalue weighted by Crippen LogP contribution is 2.32. The predicted octanol–water partition coefficient (Wildman–Crippen LogP) is 4.76. The first kappa shape index (κ1) is 15.4. The van der Waals surface area contributed by atoms with Gasteiger partial charge in [0, 0.05) is 17.1 Å². The van der Waals surface area contributed by atoms with Gasteiger partial charge < -0.3 is 10.6 Å². The van der Waals surface area contributed by atoms with Crippen LogP contribution in [0.15, 0.2) is 29.0 Å². The van der Waals surface area contributed by atoms with E-state index in [1.54, 1.807) is 13.1 Å². The van der Waals surface area contributed by atoms with Crippen molar-refractivity contribution >= 4 is 50.8 Å². The van der Waals surface area contributed by atoms with Gasteiger partial charge in [-0.2, -0.15) is 0 Å². The van der Waals surface area contributed by atoms with Gasteiger partial charge in [-0.3, -0.25) is 0 Å². The quantitative estimate of drug-likeness (QED) is 0.808. The zero-order valence-corrected chi connectivity index (χ0v) is 14.0. The minimum Gasteiger partial charge on any atom is -0.372 e. The van der Waals surface area contributed by atoms with Crippen molar-refractivity contribution in [2.45, 2.75) is 13.0 Å². The largest absolute Gasteiger partial charge is 0.372 e. The van der Waals surface area contributed by atoms with Crippen LogP contribution in [0.1, 0.15) is 18.5 Å². The lowest BCUT2D eigenvalue weighted by Gasteiger charge is -2.18. The van der Waals surface area contributed by atoms with Gasteiger partial charge >= 0.3 is 0 Å². The number of halogens is 3. The van der Waals surface area contributed by atoms with Crippen molar-refractivity contribution in [1.29, 1.82) is 0 Å². The first-order valence-electron chi connectivity index (χ1n) is 5.92. The lowest BCUT2D eigenvalue weighted by Crippen LogP contribution is -2.10. The molecule has 4 nitrogen and oxygen atoms in total. The molecule has 1 aromatic carbocycles. The molecule has 2 rings (SSSR count). The number of anilines is 2. The van der Waals surface area contributed by atoms with Crippen LogP contribution >= 0.6 is 39.1 Å². The van der Waals surface area contributed by atoms with Crippen LogP contribution in [0.25, 0.3) is 0 Å². The Morgan fingerprint density at radius 2 is 1.90 bits per heavy atom. The maximum absolute atomic E-state index is 6.21. The highest BCUT2D eigenvalue weighted by molar-refractivity contribution is 9.10. The summed E-state index contributed by atoms with van der Waals surface area (Å²) in [4.78, 5) is 8.34. The van der Waals surface area contributed by atoms with Gasteiger partial charge in [0.25, 0.3) is 0 Å². The summed E-state index contributed by atoms with van der Waals surface area (Å²) in [5.74, 6) is 1.42. The van der Waals surface area contributed by atoms with Crippen molar-refractivity contribution in [2.24, 2.45) is 0 Å². The van der Waals surface area contributed by atoms with Crippen LogP contribution in [0.5, 0.6) is 0 Å². The second-order valence-corrected chi connectivity index (χ2v) is 5.80. The average molecular weight is 376 g/mol. The molecule has 20 heavy (non-hydrogen) atoms. The molecule has 0 bridgehead atoms. The van der Waals surface area contributed by atoms with Crippen LogP contribution in [-0.2, 0) is 0 Å². The Kier molecular flexibility index (Phi) is 5.07. The van der Waals surface area contributed by atoms with Gasteiger partial charge in [-0.15, -0.1) is 0 Å². The second kappa shape index (κ2) is 6.61. The number of hydrogen-bond donors (Lipinski definition) is 2. The van der Waals surface area contributed by atoms with Crippen LogP contribution < -0.4 is 10.6 Å². The minimum absolute atomic E-state index is 0.0179. The smallest absolute Gasteiger partial charge is 0.146 e. The first-order chi connectivity index (χ1) is 9.52. The summed E-state index contributed by atoms with van der Waals surface area (Å²) in [6.45, 7) is 2.00. The molecular weight excluding hydrogens is 363 g/mol. The molecule has 0 aliphatic rings. The van der Waals surface area contributed by atoms with Gasteiger partial charge in [-0.05, 0) is 40.5 Å². The molecule has 0 aliphatic carbocycles. The van der Waals surface area contributed by atoms with E-state index < -0.39 is 0 Å². The third kappa shape index (κ3) is 3.34. The van der Waals surface area contributed by atoms with E-state index >= 15 is 0 Å². The Morgan fingerprint density at radius 3 is 2.55 bits per heavy atom. The van der Waals surface area contributed by atoms with Crippen LogP contribution in [0.2, 0.25) is 10.0 Å². The Bertz CT molecular complexity index is 621. The second-order valence-electron chi connectivity index (χ2n) is 4.17. The van der Waals surface area contributed by atoms with E-state index in [1.807, 2.05) is 19.1 Å². The molecule has 1 aromatic heterocycles. The summed E-state index contributed by atoms with van der Waals surface area (Å²) in [7, 11) is 1.80. The van der Waals surface area contributed by atoms with Gasteiger partial charge in [0.2, 0.25) is 0 Å². The Labute approximate surface area is 136 Å². The third-order valence-electron chi connectivity index (χ3n) is 2.81. The van der Waals surface area contributed by atoms with E-state index in [1.165, 1.54) is 6.33 Å². The Balaban J connectivity index is 2.25. The Morgan fingerprint density at radius 1 is 1.20 bits per heavy atom. The number of rotatable bonds is 4. The van der Waals surface area contributed by atoms with E-state index in [4.69, 9.17) is 23.2 Å². The average Bonchev–Trinajstić information content (AvgIpc) is 2.41. The fraction of sp³-hybridized carbons (Fsp3) is 0.231. The fourth-order valence-electron chi connectivity index (χ4n) is 1.78. The molecule has 106 valence electrons. The molecule has 7 heteroatoms. The maximum atomic E-state index is 6.21. The summed E-state index contributed by atoms with van der Waals surface area (Å²) in [6.07, 6.45) is 1.50. The van der Waals surface area contributed by atoms with Crippen molar-refractivity contribution in [3.63, 3.8) is 0 Å². The van der Waals surface area contributed by atoms with Crippen molar-refractivity contribution < 1.29 is 0 Å². The van der Waals surface area contributed by atoms with Crippen LogP contribution in [0.3, 0.4) is 0 Å². The highest BCUT2D eigenvalue weighted by atomic mass is 79.9. The zero-order valence-electron chi connectivity index (χ0n) is 10.9. The van der Waals surface area contributed by atoms with Crippen LogP contribution in [-0.4, -0.2) is 17.0 Å². The summed E-state index contributed by atoms with van der Waals surface area (Å²) in [6, 6.07) is 5.42. The van der Waals surface area contributed by atoms with E-state index in [0.717, 1.165) is 15.9 Å². The van der Waals surface area contributed by atoms with Gasteiger partial charge in [0.05, 0.1) is 6.04 Å². The lowest BCUT2D eigenvalue weighted by molar-refractivity contribution is 0.870. The molecule has 2 N–H and O–H groups in total. The Hall–Kier alpha value is -1.04. The number of nitrogens with one attached hydrogen (secondary N) is 2. The van der Waals surface area contributed by atoms with Gasteiger partial charge in [-0.1, -0.05) is 29.3 Å². The molecular formula is C13H13BrCl2N4. The summed E-state index contributed by atoms with van der Waals surface area (Å²) in [5.41, 5.74) is 0.951. The van der Waals surface area contributed by atoms with Crippen molar-refractivity contribution in [1.82, 2.24) is 9.97 Å². The molecule has 1 heterocycles. The topological polar surface area (TPSA) is 49.8 Å². The molecule has 0 saturated heterocycles. The van der Waals surface area contributed by atoms with Crippen molar-refractivity contribution in [3.05, 3.63) is 44.6 Å². The number of aromatic nitrogens is 2. The van der Waals surface area contributed by atoms with E-state index in [-0.39, 0.29) is 6.04 Å². The molecule has 0 saturated carbocycles. The van der Waals surface area contributed by atoms with E-state index in [0.29, 0.717) is 15.9 Å². The number of hydrogen-bond acceptors (Lipinski definition) is 4. The highest BCUT2D eigenvalue weighted by Gasteiger charge is 2.14. The van der Waals surface area contributed by atoms with E-state index in [9.17, 15) is 0 Å². The summed E-state index contributed by atoms with van der Waals surface area (Å²) >= 11 is 15.6. The zero-order chi connectivity index (χ0) is 14.7. The molecule has 2 aromatic rings. The van der Waals surface area contributed by atoms with Crippen molar-refractivity contribution in [3.8, 4) is 0 Å². The number of nitrogens with zero attached hydrogens (tertiary/aromatic N) is 2. The standard InChI is InChI=1S/C13H13BrCl2N4/c1-7(9-4-3-8(15)5-10(9)16)20-13-11(14)12(17-2)18-6-19-13/h3-7H,1-2H3,(H2,17,18,19,20). The molecule has 0 fully saturated rings. The summed E-state index contributed by atoms with van der Waals surface area (Å²) in [5, 5.41) is 7.52. The molecule has 0 amide bonds. The molecule has 1 unspecified atom stereocenters. The molecule has 0 radical (unpaired) electrons. The summed E-state index contributed by atoms with van der Waals surface area (Å²) < 4.78 is 0.777. The molecule has 1 atom stereocenters. The van der Waals surface area contributed by atoms with Crippen LogP contribution in [0.4, 0.5) is 11.6 Å². The fourth-order valence-corrected chi connectivity index (χ4v) is 2.87. The van der Waals surface area contributed by atoms with Crippen LogP contribution in [0, 0.1) is 0 Å². The normalized spacial score (nSPS) is 12.1. The first-order valence-corrected chi connectivity index (χ1v) is 7.47. The SMILES string of the molecule is CNc1ncnc(NC(C)c2ccc(Cl)cc2Cl)c1Br. The lowest BCUT2D eigenvalue weighted by atomic mass is 10.1. The predicted molar refractivity (Wildman–Crippen MR) is 87.8 cm³/mol. The number of benzene rings is 1. The molecule has 0 aliphatic heterocycles. The third-order valence-corrected chi connectivity index (χ3v) is 4.12. The van der Waals surface area contributed by atoms with Crippen molar-refractivity contribution in [2.75, 3.05) is 17.7 Å². The van der Waals surface area contributed by atoms with E-state index in [2.05, 4.69) is 36.5 Å². The maximum Gasteiger partial charge on any atom is 0.146 e. The monoisotopic (exact) mass is 374 g/mol. The van der Waals surface area contributed by atoms with Gasteiger partial charge in [0.15, 0.2) is 0 Å². The van der Waals surface area contributed by atoms with Gasteiger partial charge in [0.1, 0.15) is 22.4 Å². The molecule has 0 spiro atoms. The minimum atomic E-state index is -0.0179.